The van der Waals surface area contributed by atoms with Crippen LogP contribution < -0.4 is 5.48 Å². The molecule has 0 spiro atoms. The molecule has 0 saturated heterocycles. The number of rotatable bonds is 6. The van der Waals surface area contributed by atoms with Crippen LogP contribution >= 0.6 is 0 Å². The highest BCUT2D eigenvalue weighted by atomic mass is 16.5. The first-order chi connectivity index (χ1) is 10.7. The summed E-state index contributed by atoms with van der Waals surface area (Å²) in [5.74, 6) is -1.43. The zero-order valence-corrected chi connectivity index (χ0v) is 11.7. The van der Waals surface area contributed by atoms with Crippen molar-refractivity contribution in [1.29, 1.82) is 0 Å². The van der Waals surface area contributed by atoms with Crippen LogP contribution in [0.25, 0.3) is 0 Å². The lowest BCUT2D eigenvalue weighted by molar-refractivity contribution is 0.0696. The topological polar surface area (TPSA) is 112 Å². The number of aromatic hydroxyl groups is 1. The molecule has 1 heterocycles. The van der Waals surface area contributed by atoms with Gasteiger partial charge in [-0.15, -0.1) is 0 Å². The van der Waals surface area contributed by atoms with E-state index in [9.17, 15) is 15.0 Å². The molecule has 0 aliphatic heterocycles. The van der Waals surface area contributed by atoms with E-state index in [0.29, 0.717) is 12.2 Å². The van der Waals surface area contributed by atoms with Crippen LogP contribution in [0.2, 0.25) is 0 Å². The molecular weight excluding hydrogens is 288 g/mol. The summed E-state index contributed by atoms with van der Waals surface area (Å²) in [4.78, 5) is 15.1. The van der Waals surface area contributed by atoms with E-state index in [2.05, 4.69) is 4.98 Å². The number of aromatic nitrogens is 1. The zero-order chi connectivity index (χ0) is 15.9. The SMILES string of the molecule is O=C(NO)c1ncc(COCc2ccccc2)c(CO)c1O. The molecule has 1 amide bonds. The van der Waals surface area contributed by atoms with Gasteiger partial charge in [-0.3, -0.25) is 10.0 Å². The van der Waals surface area contributed by atoms with Crippen molar-refractivity contribution in [2.45, 2.75) is 19.8 Å². The van der Waals surface area contributed by atoms with E-state index in [1.165, 1.54) is 11.7 Å². The first-order valence-corrected chi connectivity index (χ1v) is 6.54. The molecule has 0 bridgehead atoms. The van der Waals surface area contributed by atoms with Gasteiger partial charge < -0.3 is 14.9 Å². The molecule has 22 heavy (non-hydrogen) atoms. The van der Waals surface area contributed by atoms with Gasteiger partial charge >= 0.3 is 0 Å². The van der Waals surface area contributed by atoms with Crippen LogP contribution in [0.5, 0.6) is 5.75 Å². The summed E-state index contributed by atoms with van der Waals surface area (Å²) in [7, 11) is 0. The van der Waals surface area contributed by atoms with E-state index in [1.54, 1.807) is 0 Å². The second-order valence-corrected chi connectivity index (χ2v) is 4.54. The number of hydrogen-bond acceptors (Lipinski definition) is 6. The monoisotopic (exact) mass is 304 g/mol. The van der Waals surface area contributed by atoms with Crippen LogP contribution in [-0.2, 0) is 24.6 Å². The quantitative estimate of drug-likeness (QED) is 0.470. The van der Waals surface area contributed by atoms with Crippen LogP contribution in [0.3, 0.4) is 0 Å². The second-order valence-electron chi connectivity index (χ2n) is 4.54. The highest BCUT2D eigenvalue weighted by Crippen LogP contribution is 2.25. The third-order valence-electron chi connectivity index (χ3n) is 3.09. The summed E-state index contributed by atoms with van der Waals surface area (Å²) < 4.78 is 5.52. The number of amides is 1. The first kappa shape index (κ1) is 15.9. The number of aliphatic hydroxyl groups is 1. The van der Waals surface area contributed by atoms with Crippen molar-refractivity contribution in [3.8, 4) is 5.75 Å². The van der Waals surface area contributed by atoms with Crippen LogP contribution in [0.15, 0.2) is 36.5 Å². The first-order valence-electron chi connectivity index (χ1n) is 6.54. The summed E-state index contributed by atoms with van der Waals surface area (Å²) in [5.41, 5.74) is 2.61. The molecule has 0 radical (unpaired) electrons. The standard InChI is InChI=1S/C15H16N2O5/c18-7-12-11(6-16-13(14(12)19)15(20)17-21)9-22-8-10-4-2-1-3-5-10/h1-6,18-19,21H,7-9H2,(H,17,20). The summed E-state index contributed by atoms with van der Waals surface area (Å²) >= 11 is 0. The average Bonchev–Trinajstić information content (AvgIpc) is 2.55. The molecule has 7 nitrogen and oxygen atoms in total. The van der Waals surface area contributed by atoms with Gasteiger partial charge in [-0.2, -0.15) is 0 Å². The van der Waals surface area contributed by atoms with Crippen molar-refractivity contribution in [3.63, 3.8) is 0 Å². The highest BCUT2D eigenvalue weighted by Gasteiger charge is 2.18. The largest absolute Gasteiger partial charge is 0.505 e. The van der Waals surface area contributed by atoms with Crippen LogP contribution in [-0.4, -0.2) is 26.3 Å². The number of hydrogen-bond donors (Lipinski definition) is 4. The lowest BCUT2D eigenvalue weighted by Crippen LogP contribution is -2.21. The van der Waals surface area contributed by atoms with Gasteiger partial charge in [-0.05, 0) is 5.56 Å². The molecule has 116 valence electrons. The summed E-state index contributed by atoms with van der Waals surface area (Å²) in [5, 5.41) is 27.9. The fourth-order valence-electron chi connectivity index (χ4n) is 1.95. The molecule has 0 saturated carbocycles. The molecular formula is C15H16N2O5. The molecule has 0 atom stereocenters. The smallest absolute Gasteiger partial charge is 0.297 e. The van der Waals surface area contributed by atoms with Crippen molar-refractivity contribution < 1.29 is 25.0 Å². The van der Waals surface area contributed by atoms with E-state index < -0.39 is 18.3 Å². The highest BCUT2D eigenvalue weighted by molar-refractivity contribution is 5.94. The number of hydroxylamine groups is 1. The fraction of sp³-hybridized carbons (Fsp3) is 0.200. The Morgan fingerprint density at radius 2 is 1.95 bits per heavy atom. The summed E-state index contributed by atoms with van der Waals surface area (Å²) in [6.07, 6.45) is 1.32. The van der Waals surface area contributed by atoms with Crippen molar-refractivity contribution in [2.24, 2.45) is 0 Å². The lowest BCUT2D eigenvalue weighted by atomic mass is 10.1. The Kier molecular flexibility index (Phi) is 5.42. The number of ether oxygens (including phenoxy) is 1. The van der Waals surface area contributed by atoms with Crippen LogP contribution in [0.1, 0.15) is 27.2 Å². The maximum atomic E-state index is 11.3. The van der Waals surface area contributed by atoms with E-state index >= 15 is 0 Å². The molecule has 2 aromatic rings. The van der Waals surface area contributed by atoms with Crippen molar-refractivity contribution in [2.75, 3.05) is 0 Å². The predicted octanol–water partition coefficient (Wildman–Crippen LogP) is 1.12. The molecule has 1 aromatic heterocycles. The molecule has 0 aliphatic carbocycles. The van der Waals surface area contributed by atoms with E-state index in [1.807, 2.05) is 30.3 Å². The Morgan fingerprint density at radius 3 is 2.59 bits per heavy atom. The summed E-state index contributed by atoms with van der Waals surface area (Å²) in [6.45, 7) is 0.00180. The number of aliphatic hydroxyl groups excluding tert-OH is 1. The van der Waals surface area contributed by atoms with Gasteiger partial charge in [0.05, 0.1) is 19.8 Å². The van der Waals surface area contributed by atoms with Gasteiger partial charge in [-0.1, -0.05) is 30.3 Å². The van der Waals surface area contributed by atoms with Crippen LogP contribution in [0, 0.1) is 0 Å². The molecule has 1 aromatic carbocycles. The van der Waals surface area contributed by atoms with Gasteiger partial charge in [-0.25, -0.2) is 10.5 Å². The molecule has 7 heteroatoms. The number of benzene rings is 1. The maximum absolute atomic E-state index is 11.3. The molecule has 4 N–H and O–H groups in total. The number of carbonyl (C=O) groups is 1. The minimum Gasteiger partial charge on any atom is -0.505 e. The average molecular weight is 304 g/mol. The van der Waals surface area contributed by atoms with Gasteiger partial charge in [0.1, 0.15) is 0 Å². The van der Waals surface area contributed by atoms with Crippen LogP contribution in [0.4, 0.5) is 0 Å². The Labute approximate surface area is 126 Å². The maximum Gasteiger partial charge on any atom is 0.297 e. The molecule has 0 aliphatic rings. The number of nitrogens with one attached hydrogen (secondary N) is 1. The lowest BCUT2D eigenvalue weighted by Gasteiger charge is -2.12. The number of nitrogens with zero attached hydrogens (tertiary/aromatic N) is 1. The van der Waals surface area contributed by atoms with Crippen molar-refractivity contribution in [1.82, 2.24) is 10.5 Å². The van der Waals surface area contributed by atoms with E-state index in [0.717, 1.165) is 5.56 Å². The van der Waals surface area contributed by atoms with Gasteiger partial charge in [0.2, 0.25) is 0 Å². The van der Waals surface area contributed by atoms with Gasteiger partial charge in [0, 0.05) is 17.3 Å². The van der Waals surface area contributed by atoms with Gasteiger partial charge in [0.15, 0.2) is 11.4 Å². The third kappa shape index (κ3) is 3.59. The Balaban J connectivity index is 2.11. The fourth-order valence-corrected chi connectivity index (χ4v) is 1.95. The van der Waals surface area contributed by atoms with Crippen molar-refractivity contribution >= 4 is 5.91 Å². The normalized spacial score (nSPS) is 10.5. The van der Waals surface area contributed by atoms with Gasteiger partial charge in [0.25, 0.3) is 5.91 Å². The number of pyridine rings is 1. The Hall–Kier alpha value is -2.48. The minimum absolute atomic E-state index is 0.117. The number of carbonyl (C=O) groups excluding carboxylic acids is 1. The van der Waals surface area contributed by atoms with E-state index in [-0.39, 0.29) is 17.9 Å². The molecule has 0 fully saturated rings. The van der Waals surface area contributed by atoms with Crippen molar-refractivity contribution in [3.05, 3.63) is 58.9 Å². The zero-order valence-electron chi connectivity index (χ0n) is 11.7. The minimum atomic E-state index is -0.955. The molecule has 2 rings (SSSR count). The summed E-state index contributed by atoms with van der Waals surface area (Å²) in [6, 6.07) is 9.52. The second kappa shape index (κ2) is 7.51. The molecule has 0 unspecified atom stereocenters. The predicted molar refractivity (Wildman–Crippen MR) is 76.0 cm³/mol. The Morgan fingerprint density at radius 1 is 1.23 bits per heavy atom. The Bertz CT molecular complexity index is 646. The third-order valence-corrected chi connectivity index (χ3v) is 3.09. The van der Waals surface area contributed by atoms with E-state index in [4.69, 9.17) is 9.94 Å².